The van der Waals surface area contributed by atoms with E-state index in [4.69, 9.17) is 16.3 Å². The molecule has 5 heteroatoms. The fourth-order valence-corrected chi connectivity index (χ4v) is 2.20. The van der Waals surface area contributed by atoms with E-state index in [2.05, 4.69) is 12.2 Å². The zero-order valence-corrected chi connectivity index (χ0v) is 13.8. The van der Waals surface area contributed by atoms with Gasteiger partial charge in [-0.05, 0) is 18.1 Å². The molecular formula is C17H24ClNO3. The third kappa shape index (κ3) is 7.46. The van der Waals surface area contributed by atoms with Gasteiger partial charge in [0.25, 0.3) is 0 Å². The van der Waals surface area contributed by atoms with E-state index in [0.29, 0.717) is 11.6 Å². The van der Waals surface area contributed by atoms with E-state index in [-0.39, 0.29) is 6.54 Å². The van der Waals surface area contributed by atoms with E-state index in [1.807, 2.05) is 12.1 Å². The number of halogens is 1. The van der Waals surface area contributed by atoms with Crippen molar-refractivity contribution in [3.8, 4) is 0 Å². The highest BCUT2D eigenvalue weighted by Gasteiger charge is 2.14. The van der Waals surface area contributed by atoms with Crippen molar-refractivity contribution in [3.63, 3.8) is 0 Å². The average molecular weight is 326 g/mol. The molecule has 0 aliphatic rings. The second-order valence-electron chi connectivity index (χ2n) is 5.18. The van der Waals surface area contributed by atoms with Gasteiger partial charge in [0.1, 0.15) is 0 Å². The summed E-state index contributed by atoms with van der Waals surface area (Å²) in [6.07, 6.45) is 6.62. The molecule has 0 fully saturated rings. The molecule has 1 aromatic rings. The van der Waals surface area contributed by atoms with Crippen LogP contribution in [0, 0.1) is 0 Å². The van der Waals surface area contributed by atoms with Gasteiger partial charge in [-0.2, -0.15) is 0 Å². The van der Waals surface area contributed by atoms with Crippen molar-refractivity contribution in [2.75, 3.05) is 6.61 Å². The maximum absolute atomic E-state index is 11.6. The first kappa shape index (κ1) is 18.5. The van der Waals surface area contributed by atoms with Crippen LogP contribution in [0.5, 0.6) is 0 Å². The highest BCUT2D eigenvalue weighted by atomic mass is 35.5. The fraction of sp³-hybridized carbons (Fsp3) is 0.529. The van der Waals surface area contributed by atoms with Crippen LogP contribution >= 0.6 is 11.6 Å². The molecule has 0 unspecified atom stereocenters. The van der Waals surface area contributed by atoms with E-state index in [0.717, 1.165) is 24.8 Å². The molecule has 22 heavy (non-hydrogen) atoms. The van der Waals surface area contributed by atoms with Crippen LogP contribution in [0.1, 0.15) is 51.0 Å². The van der Waals surface area contributed by atoms with Gasteiger partial charge in [0, 0.05) is 11.6 Å². The Bertz CT molecular complexity index is 477. The van der Waals surface area contributed by atoms with Gasteiger partial charge in [-0.15, -0.1) is 0 Å². The molecule has 122 valence electrons. The number of nitrogens with one attached hydrogen (secondary N) is 1. The SMILES string of the molecule is CCCCCCCCOC(=O)C(=O)NCc1ccccc1Cl. The maximum Gasteiger partial charge on any atom is 0.396 e. The number of carbonyl (C=O) groups excluding carboxylic acids is 2. The third-order valence-corrected chi connectivity index (χ3v) is 3.68. The van der Waals surface area contributed by atoms with Crippen LogP contribution in [-0.4, -0.2) is 18.5 Å². The quantitative estimate of drug-likeness (QED) is 0.426. The van der Waals surface area contributed by atoms with Crippen molar-refractivity contribution in [3.05, 3.63) is 34.9 Å². The van der Waals surface area contributed by atoms with Gasteiger partial charge in [-0.1, -0.05) is 68.8 Å². The smallest absolute Gasteiger partial charge is 0.396 e. The first-order chi connectivity index (χ1) is 10.6. The Morgan fingerprint density at radius 1 is 1.09 bits per heavy atom. The van der Waals surface area contributed by atoms with Crippen molar-refractivity contribution in [2.45, 2.75) is 52.0 Å². The van der Waals surface area contributed by atoms with Crippen molar-refractivity contribution >= 4 is 23.5 Å². The highest BCUT2D eigenvalue weighted by molar-refractivity contribution is 6.33. The van der Waals surface area contributed by atoms with Crippen LogP contribution in [0.25, 0.3) is 0 Å². The maximum atomic E-state index is 11.6. The molecule has 0 saturated carbocycles. The molecule has 0 aromatic heterocycles. The van der Waals surface area contributed by atoms with Crippen LogP contribution in [-0.2, 0) is 20.9 Å². The number of ether oxygens (including phenoxy) is 1. The average Bonchev–Trinajstić information content (AvgIpc) is 2.52. The summed E-state index contributed by atoms with van der Waals surface area (Å²) in [6, 6.07) is 7.16. The standard InChI is InChI=1S/C17H24ClNO3/c1-2-3-4-5-6-9-12-22-17(21)16(20)19-13-14-10-7-8-11-15(14)18/h7-8,10-11H,2-6,9,12-13H2,1H3,(H,19,20). The highest BCUT2D eigenvalue weighted by Crippen LogP contribution is 2.14. The van der Waals surface area contributed by atoms with Crippen molar-refractivity contribution in [1.82, 2.24) is 5.32 Å². The second-order valence-corrected chi connectivity index (χ2v) is 5.58. The molecule has 1 aromatic carbocycles. The number of benzene rings is 1. The third-order valence-electron chi connectivity index (χ3n) is 3.31. The lowest BCUT2D eigenvalue weighted by Crippen LogP contribution is -2.32. The van der Waals surface area contributed by atoms with Crippen molar-refractivity contribution < 1.29 is 14.3 Å². The lowest BCUT2D eigenvalue weighted by molar-refractivity contribution is -0.155. The summed E-state index contributed by atoms with van der Waals surface area (Å²) in [5.41, 5.74) is 0.765. The van der Waals surface area contributed by atoms with Gasteiger partial charge in [0.15, 0.2) is 0 Å². The second kappa shape index (κ2) is 11.1. The topological polar surface area (TPSA) is 55.4 Å². The lowest BCUT2D eigenvalue weighted by Gasteiger charge is -2.07. The Kier molecular flexibility index (Phi) is 9.31. The predicted molar refractivity (Wildman–Crippen MR) is 87.6 cm³/mol. The molecule has 0 saturated heterocycles. The van der Waals surface area contributed by atoms with Crippen LogP contribution in [0.15, 0.2) is 24.3 Å². The summed E-state index contributed by atoms with van der Waals surface area (Å²) < 4.78 is 4.95. The van der Waals surface area contributed by atoms with E-state index in [9.17, 15) is 9.59 Å². The summed E-state index contributed by atoms with van der Waals surface area (Å²) in [5.74, 6) is -1.56. The Balaban J connectivity index is 2.15. The van der Waals surface area contributed by atoms with Crippen LogP contribution < -0.4 is 5.32 Å². The molecular weight excluding hydrogens is 302 g/mol. The Morgan fingerprint density at radius 2 is 1.77 bits per heavy atom. The molecule has 4 nitrogen and oxygen atoms in total. The molecule has 0 radical (unpaired) electrons. The van der Waals surface area contributed by atoms with Crippen LogP contribution in [0.4, 0.5) is 0 Å². The van der Waals surface area contributed by atoms with E-state index in [1.165, 1.54) is 19.3 Å². The first-order valence-electron chi connectivity index (χ1n) is 7.83. The molecule has 0 aliphatic carbocycles. The number of hydrogen-bond acceptors (Lipinski definition) is 3. The van der Waals surface area contributed by atoms with Crippen molar-refractivity contribution in [2.24, 2.45) is 0 Å². The molecule has 0 heterocycles. The van der Waals surface area contributed by atoms with Gasteiger partial charge in [0.2, 0.25) is 0 Å². The van der Waals surface area contributed by atoms with Crippen LogP contribution in [0.3, 0.4) is 0 Å². The number of amides is 1. The van der Waals surface area contributed by atoms with E-state index < -0.39 is 11.9 Å². The summed E-state index contributed by atoms with van der Waals surface area (Å²) in [4.78, 5) is 23.1. The molecule has 0 atom stereocenters. The number of unbranched alkanes of at least 4 members (excludes halogenated alkanes) is 5. The van der Waals surface area contributed by atoms with E-state index in [1.54, 1.807) is 12.1 Å². The number of rotatable bonds is 9. The van der Waals surface area contributed by atoms with Gasteiger partial charge >= 0.3 is 11.9 Å². The predicted octanol–water partition coefficient (Wildman–Crippen LogP) is 3.86. The molecule has 0 bridgehead atoms. The van der Waals surface area contributed by atoms with E-state index >= 15 is 0 Å². The Morgan fingerprint density at radius 3 is 2.50 bits per heavy atom. The lowest BCUT2D eigenvalue weighted by atomic mass is 10.1. The minimum atomic E-state index is -0.833. The summed E-state index contributed by atoms with van der Waals surface area (Å²) in [5, 5.41) is 3.07. The van der Waals surface area contributed by atoms with Gasteiger partial charge in [-0.3, -0.25) is 4.79 Å². The normalized spacial score (nSPS) is 10.3. The zero-order chi connectivity index (χ0) is 16.2. The van der Waals surface area contributed by atoms with Crippen molar-refractivity contribution in [1.29, 1.82) is 0 Å². The molecule has 0 spiro atoms. The Labute approximate surface area is 137 Å². The van der Waals surface area contributed by atoms with Crippen LogP contribution in [0.2, 0.25) is 5.02 Å². The first-order valence-corrected chi connectivity index (χ1v) is 8.21. The molecule has 1 N–H and O–H groups in total. The minimum Gasteiger partial charge on any atom is -0.459 e. The molecule has 0 aliphatic heterocycles. The summed E-state index contributed by atoms with van der Waals surface area (Å²) >= 11 is 5.97. The Hall–Kier alpha value is -1.55. The summed E-state index contributed by atoms with van der Waals surface area (Å²) in [6.45, 7) is 2.68. The number of esters is 1. The monoisotopic (exact) mass is 325 g/mol. The largest absolute Gasteiger partial charge is 0.459 e. The molecule has 1 rings (SSSR count). The minimum absolute atomic E-state index is 0.213. The van der Waals surface area contributed by atoms with Gasteiger partial charge in [-0.25, -0.2) is 4.79 Å². The molecule has 1 amide bonds. The fourth-order valence-electron chi connectivity index (χ4n) is 2.00. The summed E-state index contributed by atoms with van der Waals surface area (Å²) in [7, 11) is 0. The number of hydrogen-bond donors (Lipinski definition) is 1. The zero-order valence-electron chi connectivity index (χ0n) is 13.1. The number of carbonyl (C=O) groups is 2. The van der Waals surface area contributed by atoms with Gasteiger partial charge < -0.3 is 10.1 Å². The van der Waals surface area contributed by atoms with Gasteiger partial charge in [0.05, 0.1) is 6.61 Å².